The monoisotopic (exact) mass is 304 g/mol. The van der Waals surface area contributed by atoms with Crippen molar-refractivity contribution in [2.75, 3.05) is 12.9 Å². The summed E-state index contributed by atoms with van der Waals surface area (Å²) in [7, 11) is 1.31. The largest absolute Gasteiger partial charge is 0.478 e. The van der Waals surface area contributed by atoms with Crippen LogP contribution in [0.4, 0.5) is 0 Å². The molecule has 1 N–H and O–H groups in total. The first kappa shape index (κ1) is 13.1. The zero-order chi connectivity index (χ0) is 12.1. The highest BCUT2D eigenvalue weighted by Crippen LogP contribution is 2.24. The third-order valence-electron chi connectivity index (χ3n) is 1.75. The first-order chi connectivity index (χ1) is 7.54. The molecular weight excluding hydrogens is 296 g/mol. The minimum atomic E-state index is -1.01. The maximum atomic E-state index is 10.9. The van der Waals surface area contributed by atoms with Gasteiger partial charge in [0.1, 0.15) is 0 Å². The average Bonchev–Trinajstić information content (AvgIpc) is 2.27. The summed E-state index contributed by atoms with van der Waals surface area (Å²) in [6, 6.07) is 4.90. The van der Waals surface area contributed by atoms with E-state index in [4.69, 9.17) is 5.11 Å². The molecule has 0 atom stereocenters. The highest BCUT2D eigenvalue weighted by atomic mass is 79.9. The zero-order valence-electron chi connectivity index (χ0n) is 8.40. The number of carboxylic acid groups (broad SMARTS) is 1. The third kappa shape index (κ3) is 3.53. The normalized spacial score (nSPS) is 9.88. The van der Waals surface area contributed by atoms with Crippen molar-refractivity contribution in [2.45, 2.75) is 4.90 Å². The van der Waals surface area contributed by atoms with Crippen LogP contribution >= 0.6 is 27.7 Å². The number of ether oxygens (including phenoxy) is 1. The number of methoxy groups -OCH3 is 1. The summed E-state index contributed by atoms with van der Waals surface area (Å²) in [5, 5.41) is 8.88. The van der Waals surface area contributed by atoms with Gasteiger partial charge in [-0.05, 0) is 34.1 Å². The van der Waals surface area contributed by atoms with E-state index in [9.17, 15) is 9.59 Å². The Morgan fingerprint density at radius 3 is 2.75 bits per heavy atom. The molecule has 0 radical (unpaired) electrons. The minimum Gasteiger partial charge on any atom is -0.478 e. The van der Waals surface area contributed by atoms with Gasteiger partial charge in [0, 0.05) is 9.37 Å². The van der Waals surface area contributed by atoms with E-state index >= 15 is 0 Å². The van der Waals surface area contributed by atoms with Gasteiger partial charge in [0.15, 0.2) is 0 Å². The SMILES string of the molecule is COC(=O)CSc1ccc(Br)c(C(=O)O)c1. The number of rotatable bonds is 4. The molecule has 4 nitrogen and oxygen atoms in total. The molecule has 0 aliphatic rings. The highest BCUT2D eigenvalue weighted by Gasteiger charge is 2.10. The molecule has 0 amide bonds. The standard InChI is InChI=1S/C10H9BrO4S/c1-15-9(12)5-16-6-2-3-8(11)7(4-6)10(13)14/h2-4H,5H2,1H3,(H,13,14). The van der Waals surface area contributed by atoms with E-state index in [1.54, 1.807) is 12.1 Å². The number of carbonyl (C=O) groups is 2. The number of halogens is 1. The number of benzene rings is 1. The van der Waals surface area contributed by atoms with E-state index in [2.05, 4.69) is 20.7 Å². The second-order valence-corrected chi connectivity index (χ2v) is 4.71. The van der Waals surface area contributed by atoms with Crippen molar-refractivity contribution in [1.29, 1.82) is 0 Å². The highest BCUT2D eigenvalue weighted by molar-refractivity contribution is 9.10. The van der Waals surface area contributed by atoms with Crippen LogP contribution in [-0.2, 0) is 9.53 Å². The number of thioether (sulfide) groups is 1. The molecule has 0 aromatic heterocycles. The molecule has 0 spiro atoms. The first-order valence-corrected chi connectivity index (χ1v) is 6.05. The van der Waals surface area contributed by atoms with Gasteiger partial charge in [-0.15, -0.1) is 11.8 Å². The quantitative estimate of drug-likeness (QED) is 0.683. The minimum absolute atomic E-state index is 0.164. The topological polar surface area (TPSA) is 63.6 Å². The predicted octanol–water partition coefficient (Wildman–Crippen LogP) is 2.41. The van der Waals surface area contributed by atoms with Gasteiger partial charge < -0.3 is 9.84 Å². The molecule has 0 unspecified atom stereocenters. The van der Waals surface area contributed by atoms with Gasteiger partial charge in [0.2, 0.25) is 0 Å². The molecular formula is C10H9BrO4S. The fourth-order valence-electron chi connectivity index (χ4n) is 0.959. The Balaban J connectivity index is 2.79. The van der Waals surface area contributed by atoms with Crippen molar-refractivity contribution in [3.8, 4) is 0 Å². The van der Waals surface area contributed by atoms with E-state index < -0.39 is 5.97 Å². The molecule has 1 aromatic carbocycles. The molecule has 16 heavy (non-hydrogen) atoms. The van der Waals surface area contributed by atoms with Crippen molar-refractivity contribution in [3.63, 3.8) is 0 Å². The van der Waals surface area contributed by atoms with E-state index in [-0.39, 0.29) is 17.3 Å². The molecule has 86 valence electrons. The zero-order valence-corrected chi connectivity index (χ0v) is 10.8. The van der Waals surface area contributed by atoms with Crippen LogP contribution in [0.15, 0.2) is 27.6 Å². The van der Waals surface area contributed by atoms with Crippen molar-refractivity contribution in [3.05, 3.63) is 28.2 Å². The van der Waals surface area contributed by atoms with Crippen LogP contribution in [0.5, 0.6) is 0 Å². The first-order valence-electron chi connectivity index (χ1n) is 4.27. The van der Waals surface area contributed by atoms with E-state index in [1.807, 2.05) is 0 Å². The lowest BCUT2D eigenvalue weighted by molar-refractivity contribution is -0.137. The molecule has 0 saturated heterocycles. The second kappa shape index (κ2) is 5.91. The lowest BCUT2D eigenvalue weighted by Gasteiger charge is -2.03. The fourth-order valence-corrected chi connectivity index (χ4v) is 2.14. The molecule has 0 aliphatic heterocycles. The van der Waals surface area contributed by atoms with Crippen LogP contribution in [0.1, 0.15) is 10.4 Å². The lowest BCUT2D eigenvalue weighted by atomic mass is 10.2. The Kier molecular flexibility index (Phi) is 4.82. The molecule has 0 aliphatic carbocycles. The number of esters is 1. The fraction of sp³-hybridized carbons (Fsp3) is 0.200. The molecule has 1 rings (SSSR count). The molecule has 6 heteroatoms. The summed E-state index contributed by atoms with van der Waals surface area (Å²) in [6.45, 7) is 0. The average molecular weight is 305 g/mol. The van der Waals surface area contributed by atoms with Gasteiger partial charge in [-0.1, -0.05) is 0 Å². The number of hydrogen-bond acceptors (Lipinski definition) is 4. The number of carboxylic acids is 1. The lowest BCUT2D eigenvalue weighted by Crippen LogP contribution is -2.03. The Labute approximate surface area is 105 Å². The Morgan fingerprint density at radius 2 is 2.19 bits per heavy atom. The summed E-state index contributed by atoms with van der Waals surface area (Å²) in [5.74, 6) is -1.19. The third-order valence-corrected chi connectivity index (χ3v) is 3.41. The maximum Gasteiger partial charge on any atom is 0.336 e. The van der Waals surface area contributed by atoms with Crippen molar-refractivity contribution < 1.29 is 19.4 Å². The van der Waals surface area contributed by atoms with Crippen LogP contribution in [0.25, 0.3) is 0 Å². The van der Waals surface area contributed by atoms with Crippen LogP contribution in [0.3, 0.4) is 0 Å². The maximum absolute atomic E-state index is 10.9. The summed E-state index contributed by atoms with van der Waals surface area (Å²) in [6.07, 6.45) is 0. The molecule has 0 fully saturated rings. The van der Waals surface area contributed by atoms with E-state index in [1.165, 1.54) is 24.9 Å². The van der Waals surface area contributed by atoms with Crippen LogP contribution < -0.4 is 0 Å². The molecule has 0 saturated carbocycles. The summed E-state index contributed by atoms with van der Waals surface area (Å²) in [5.41, 5.74) is 0.176. The van der Waals surface area contributed by atoms with Crippen LogP contribution in [0, 0.1) is 0 Å². The van der Waals surface area contributed by atoms with Crippen LogP contribution in [0.2, 0.25) is 0 Å². The summed E-state index contributed by atoms with van der Waals surface area (Å²) >= 11 is 4.38. The van der Waals surface area contributed by atoms with E-state index in [0.29, 0.717) is 9.37 Å². The number of aromatic carboxylic acids is 1. The van der Waals surface area contributed by atoms with Gasteiger partial charge in [-0.25, -0.2) is 4.79 Å². The Hall–Kier alpha value is -1.01. The van der Waals surface area contributed by atoms with Gasteiger partial charge in [0.05, 0.1) is 18.4 Å². The number of carbonyl (C=O) groups excluding carboxylic acids is 1. The molecule has 0 bridgehead atoms. The van der Waals surface area contributed by atoms with Gasteiger partial charge in [-0.2, -0.15) is 0 Å². The van der Waals surface area contributed by atoms with E-state index in [0.717, 1.165) is 0 Å². The second-order valence-electron chi connectivity index (χ2n) is 2.81. The van der Waals surface area contributed by atoms with Crippen LogP contribution in [-0.4, -0.2) is 29.9 Å². The van der Waals surface area contributed by atoms with Gasteiger partial charge in [0.25, 0.3) is 0 Å². The molecule has 0 heterocycles. The summed E-state index contributed by atoms with van der Waals surface area (Å²) in [4.78, 5) is 22.5. The van der Waals surface area contributed by atoms with Crippen molar-refractivity contribution in [1.82, 2.24) is 0 Å². The predicted molar refractivity (Wildman–Crippen MR) is 63.8 cm³/mol. The Bertz CT molecular complexity index is 419. The smallest absolute Gasteiger partial charge is 0.336 e. The summed E-state index contributed by atoms with van der Waals surface area (Å²) < 4.78 is 5.00. The van der Waals surface area contributed by atoms with Gasteiger partial charge in [-0.3, -0.25) is 4.79 Å². The number of hydrogen-bond donors (Lipinski definition) is 1. The van der Waals surface area contributed by atoms with Crippen molar-refractivity contribution in [2.24, 2.45) is 0 Å². The Morgan fingerprint density at radius 1 is 1.50 bits per heavy atom. The van der Waals surface area contributed by atoms with Crippen molar-refractivity contribution >= 4 is 39.6 Å². The van der Waals surface area contributed by atoms with Gasteiger partial charge >= 0.3 is 11.9 Å². The molecule has 1 aromatic rings.